The fraction of sp³-hybridized carbons (Fsp3) is 0. The van der Waals surface area contributed by atoms with Crippen molar-refractivity contribution in [3.63, 3.8) is 0 Å². The molecule has 0 saturated carbocycles. The number of amides is 1. The van der Waals surface area contributed by atoms with E-state index < -0.39 is 0 Å². The lowest BCUT2D eigenvalue weighted by Gasteiger charge is -2.07. The summed E-state index contributed by atoms with van der Waals surface area (Å²) in [6.07, 6.45) is 1.47. The summed E-state index contributed by atoms with van der Waals surface area (Å²) in [5.41, 5.74) is 6.61. The maximum Gasteiger partial charge on any atom is 0.273 e. The Bertz CT molecular complexity index is 624. The molecule has 1 heterocycles. The van der Waals surface area contributed by atoms with Crippen molar-refractivity contribution in [2.75, 3.05) is 5.32 Å². The van der Waals surface area contributed by atoms with Crippen LogP contribution in [0.25, 0.3) is 0 Å². The van der Waals surface area contributed by atoms with Gasteiger partial charge in [0.1, 0.15) is 5.69 Å². The van der Waals surface area contributed by atoms with E-state index >= 15 is 0 Å². The Balaban J connectivity index is 2.20. The topological polar surface area (TPSA) is 116 Å². The number of nitrogens with zero attached hydrogens (tertiary/aromatic N) is 2. The number of nitrogens with two attached hydrogens (primary N) is 1. The summed E-state index contributed by atoms with van der Waals surface area (Å²) in [5, 5.41) is 20.5. The van der Waals surface area contributed by atoms with Crippen LogP contribution in [0.2, 0.25) is 5.02 Å². The molecule has 8 heteroatoms. The zero-order chi connectivity index (χ0) is 13.8. The van der Waals surface area contributed by atoms with Gasteiger partial charge >= 0.3 is 0 Å². The molecule has 1 aromatic carbocycles. The van der Waals surface area contributed by atoms with Crippen LogP contribution in [0, 0.1) is 0 Å². The highest BCUT2D eigenvalue weighted by molar-refractivity contribution is 6.34. The molecule has 0 fully saturated rings. The minimum absolute atomic E-state index is 0.0617. The van der Waals surface area contributed by atoms with Crippen LogP contribution in [0.3, 0.4) is 0 Å². The number of anilines is 1. The Morgan fingerprint density at radius 2 is 2.26 bits per heavy atom. The van der Waals surface area contributed by atoms with Gasteiger partial charge in [-0.3, -0.25) is 9.89 Å². The van der Waals surface area contributed by atoms with Crippen LogP contribution < -0.4 is 11.1 Å². The van der Waals surface area contributed by atoms with Gasteiger partial charge in [0.05, 0.1) is 10.7 Å². The lowest BCUT2D eigenvalue weighted by molar-refractivity contribution is 0.102. The summed E-state index contributed by atoms with van der Waals surface area (Å²) in [6.45, 7) is 0. The second kappa shape index (κ2) is 5.40. The van der Waals surface area contributed by atoms with Crippen molar-refractivity contribution < 1.29 is 10.0 Å². The molecular weight excluding hydrogens is 270 g/mol. The number of benzene rings is 1. The van der Waals surface area contributed by atoms with Gasteiger partial charge in [-0.15, -0.1) is 0 Å². The summed E-state index contributed by atoms with van der Waals surface area (Å²) in [4.78, 5) is 11.8. The van der Waals surface area contributed by atoms with Crippen molar-refractivity contribution >= 4 is 29.0 Å². The first-order valence-electron chi connectivity index (χ1n) is 5.20. The van der Waals surface area contributed by atoms with Crippen LogP contribution in [0.5, 0.6) is 0 Å². The number of carbonyl (C=O) groups excluding carboxylic acids is 1. The van der Waals surface area contributed by atoms with Crippen molar-refractivity contribution in [2.45, 2.75) is 0 Å². The van der Waals surface area contributed by atoms with Gasteiger partial charge in [0.25, 0.3) is 5.91 Å². The van der Waals surface area contributed by atoms with Gasteiger partial charge in [-0.05, 0) is 24.3 Å². The first-order valence-corrected chi connectivity index (χ1v) is 5.58. The molecule has 7 nitrogen and oxygen atoms in total. The standard InChI is InChI=1S/C11H10ClN5O2/c12-7-5-6(10(13)17-19)1-2-8(7)15-11(18)9-3-4-14-16-9/h1-5,19H,(H2,13,17)(H,14,16)(H,15,18). The molecule has 0 saturated heterocycles. The number of halogens is 1. The molecule has 1 amide bonds. The molecule has 1 aromatic heterocycles. The molecular formula is C11H10ClN5O2. The van der Waals surface area contributed by atoms with Crippen molar-refractivity contribution in [3.8, 4) is 0 Å². The normalized spacial score (nSPS) is 11.3. The zero-order valence-electron chi connectivity index (χ0n) is 9.59. The van der Waals surface area contributed by atoms with Crippen molar-refractivity contribution in [2.24, 2.45) is 10.9 Å². The number of nitrogens with one attached hydrogen (secondary N) is 2. The third kappa shape index (κ3) is 2.83. The second-order valence-corrected chi connectivity index (χ2v) is 4.01. The van der Waals surface area contributed by atoms with Crippen molar-refractivity contribution in [3.05, 3.63) is 46.7 Å². The third-order valence-electron chi connectivity index (χ3n) is 2.37. The van der Waals surface area contributed by atoms with E-state index in [1.54, 1.807) is 12.1 Å². The SMILES string of the molecule is N/C(=N/O)c1ccc(NC(=O)c2ccn[nH]2)c(Cl)c1. The van der Waals surface area contributed by atoms with E-state index in [1.165, 1.54) is 18.3 Å². The quantitative estimate of drug-likeness (QED) is 0.294. The number of aromatic nitrogens is 2. The number of hydrogen-bond donors (Lipinski definition) is 4. The van der Waals surface area contributed by atoms with Gasteiger partial charge in [-0.2, -0.15) is 5.10 Å². The number of amidine groups is 1. The van der Waals surface area contributed by atoms with E-state index in [0.29, 0.717) is 16.9 Å². The molecule has 0 radical (unpaired) electrons. The van der Waals surface area contributed by atoms with Crippen LogP contribution in [-0.4, -0.2) is 27.1 Å². The molecule has 5 N–H and O–H groups in total. The average Bonchev–Trinajstić information content (AvgIpc) is 2.94. The highest BCUT2D eigenvalue weighted by atomic mass is 35.5. The summed E-state index contributed by atoms with van der Waals surface area (Å²) < 4.78 is 0. The van der Waals surface area contributed by atoms with Gasteiger partial charge in [-0.25, -0.2) is 0 Å². The summed E-state index contributed by atoms with van der Waals surface area (Å²) in [5.74, 6) is -0.427. The largest absolute Gasteiger partial charge is 0.409 e. The smallest absolute Gasteiger partial charge is 0.273 e. The molecule has 0 atom stereocenters. The summed E-state index contributed by atoms with van der Waals surface area (Å²) in [6, 6.07) is 6.15. The predicted molar refractivity (Wildman–Crippen MR) is 70.5 cm³/mol. The van der Waals surface area contributed by atoms with E-state index in [4.69, 9.17) is 22.5 Å². The average molecular weight is 280 g/mol. The molecule has 0 spiro atoms. The molecule has 0 aliphatic carbocycles. The fourth-order valence-electron chi connectivity index (χ4n) is 1.41. The molecule has 98 valence electrons. The van der Waals surface area contributed by atoms with E-state index in [2.05, 4.69) is 20.7 Å². The molecule has 19 heavy (non-hydrogen) atoms. The van der Waals surface area contributed by atoms with Gasteiger partial charge in [-0.1, -0.05) is 16.8 Å². The molecule has 0 bridgehead atoms. The number of carbonyl (C=O) groups is 1. The van der Waals surface area contributed by atoms with Crippen LogP contribution in [0.4, 0.5) is 5.69 Å². The summed E-state index contributed by atoms with van der Waals surface area (Å²) in [7, 11) is 0. The Kier molecular flexibility index (Phi) is 3.67. The lowest BCUT2D eigenvalue weighted by atomic mass is 10.2. The molecule has 0 aliphatic rings. The first kappa shape index (κ1) is 12.9. The molecule has 0 aliphatic heterocycles. The van der Waals surface area contributed by atoms with Gasteiger partial charge in [0, 0.05) is 11.8 Å². The van der Waals surface area contributed by atoms with Crippen LogP contribution in [0.15, 0.2) is 35.6 Å². The Morgan fingerprint density at radius 3 is 2.84 bits per heavy atom. The number of H-pyrrole nitrogens is 1. The minimum atomic E-state index is -0.365. The Labute approximate surface area is 113 Å². The Hall–Kier alpha value is -2.54. The number of aromatic amines is 1. The van der Waals surface area contributed by atoms with E-state index in [-0.39, 0.29) is 16.8 Å². The Morgan fingerprint density at radius 1 is 1.47 bits per heavy atom. The number of rotatable bonds is 3. The van der Waals surface area contributed by atoms with Crippen LogP contribution >= 0.6 is 11.6 Å². The number of oxime groups is 1. The van der Waals surface area contributed by atoms with Crippen molar-refractivity contribution in [1.29, 1.82) is 0 Å². The third-order valence-corrected chi connectivity index (χ3v) is 2.68. The minimum Gasteiger partial charge on any atom is -0.409 e. The van der Waals surface area contributed by atoms with Crippen LogP contribution in [-0.2, 0) is 0 Å². The van der Waals surface area contributed by atoms with E-state index in [1.807, 2.05) is 0 Å². The van der Waals surface area contributed by atoms with Gasteiger partial charge in [0.15, 0.2) is 5.84 Å². The van der Waals surface area contributed by atoms with E-state index in [9.17, 15) is 4.79 Å². The highest BCUT2D eigenvalue weighted by Crippen LogP contribution is 2.23. The first-order chi connectivity index (χ1) is 9.11. The molecule has 2 aromatic rings. The monoisotopic (exact) mass is 279 g/mol. The predicted octanol–water partition coefficient (Wildman–Crippen LogP) is 1.41. The summed E-state index contributed by atoms with van der Waals surface area (Å²) >= 11 is 6.00. The van der Waals surface area contributed by atoms with Crippen LogP contribution in [0.1, 0.15) is 16.1 Å². The molecule has 2 rings (SSSR count). The van der Waals surface area contributed by atoms with Crippen molar-refractivity contribution in [1.82, 2.24) is 10.2 Å². The van der Waals surface area contributed by atoms with Gasteiger partial charge < -0.3 is 16.3 Å². The maximum atomic E-state index is 11.8. The second-order valence-electron chi connectivity index (χ2n) is 3.60. The molecule has 0 unspecified atom stereocenters. The zero-order valence-corrected chi connectivity index (χ0v) is 10.3. The number of hydrogen-bond acceptors (Lipinski definition) is 4. The fourth-order valence-corrected chi connectivity index (χ4v) is 1.63. The lowest BCUT2D eigenvalue weighted by Crippen LogP contribution is -2.15. The van der Waals surface area contributed by atoms with E-state index in [0.717, 1.165) is 0 Å². The van der Waals surface area contributed by atoms with Gasteiger partial charge in [0.2, 0.25) is 0 Å². The highest BCUT2D eigenvalue weighted by Gasteiger charge is 2.10. The maximum absolute atomic E-state index is 11.8.